The number of carbonyl (C=O) groups excluding carboxylic acids is 1. The summed E-state index contributed by atoms with van der Waals surface area (Å²) in [5.41, 5.74) is 3.40. The largest absolute Gasteiger partial charge is 0.352 e. The highest BCUT2D eigenvalue weighted by Crippen LogP contribution is 2.11. The second-order valence-electron chi connectivity index (χ2n) is 9.42. The van der Waals surface area contributed by atoms with Gasteiger partial charge < -0.3 is 10.2 Å². The third kappa shape index (κ3) is 8.58. The molecule has 0 radical (unpaired) electrons. The van der Waals surface area contributed by atoms with Crippen molar-refractivity contribution in [1.29, 1.82) is 0 Å². The van der Waals surface area contributed by atoms with Crippen molar-refractivity contribution in [2.24, 2.45) is 0 Å². The minimum Gasteiger partial charge on any atom is -0.352 e. The number of carbonyl (C=O) groups is 1. The van der Waals surface area contributed by atoms with E-state index in [9.17, 15) is 4.79 Å². The first-order chi connectivity index (χ1) is 16.0. The highest BCUT2D eigenvalue weighted by molar-refractivity contribution is 5.94. The molecule has 1 amide bonds. The van der Waals surface area contributed by atoms with Crippen molar-refractivity contribution in [1.82, 2.24) is 20.0 Å². The molecule has 5 nitrogen and oxygen atoms in total. The maximum Gasteiger partial charge on any atom is 0.251 e. The van der Waals surface area contributed by atoms with Crippen LogP contribution in [0.15, 0.2) is 54.6 Å². The lowest BCUT2D eigenvalue weighted by molar-refractivity contribution is 0.0951. The van der Waals surface area contributed by atoms with Gasteiger partial charge in [-0.15, -0.1) is 0 Å². The van der Waals surface area contributed by atoms with Crippen LogP contribution in [0.2, 0.25) is 0 Å². The molecule has 1 saturated heterocycles. The fourth-order valence-corrected chi connectivity index (χ4v) is 4.43. The Bertz CT molecular complexity index is 814. The summed E-state index contributed by atoms with van der Waals surface area (Å²) in [5, 5.41) is 3.08. The number of nitrogens with one attached hydrogen (secondary N) is 1. The number of hydrogen-bond acceptors (Lipinski definition) is 4. The van der Waals surface area contributed by atoms with E-state index in [0.29, 0.717) is 6.04 Å². The summed E-state index contributed by atoms with van der Waals surface area (Å²) in [4.78, 5) is 20.0. The average Bonchev–Trinajstić information content (AvgIpc) is 2.84. The minimum atomic E-state index is 0.0345. The molecule has 0 aromatic heterocycles. The van der Waals surface area contributed by atoms with E-state index >= 15 is 0 Å². The molecule has 0 bridgehead atoms. The first-order valence-electron chi connectivity index (χ1n) is 12.6. The molecule has 0 saturated carbocycles. The third-order valence-corrected chi connectivity index (χ3v) is 6.64. The number of nitrogens with zero attached hydrogens (tertiary/aromatic N) is 3. The summed E-state index contributed by atoms with van der Waals surface area (Å²) in [6.07, 6.45) is 2.15. The molecule has 0 aliphatic carbocycles. The van der Waals surface area contributed by atoms with Crippen LogP contribution in [0.4, 0.5) is 0 Å². The Kier molecular flexibility index (Phi) is 10.4. The molecule has 0 unspecified atom stereocenters. The molecule has 1 aliphatic rings. The highest BCUT2D eigenvalue weighted by Gasteiger charge is 2.16. The molecule has 0 atom stereocenters. The molecule has 1 fully saturated rings. The fourth-order valence-electron chi connectivity index (χ4n) is 4.43. The second-order valence-corrected chi connectivity index (χ2v) is 9.42. The summed E-state index contributed by atoms with van der Waals surface area (Å²) in [7, 11) is 0. The number of piperazine rings is 1. The zero-order valence-electron chi connectivity index (χ0n) is 20.8. The molecule has 0 spiro atoms. The molecule has 1 N–H and O–H groups in total. The van der Waals surface area contributed by atoms with E-state index in [-0.39, 0.29) is 5.91 Å². The van der Waals surface area contributed by atoms with Gasteiger partial charge >= 0.3 is 0 Å². The Morgan fingerprint density at radius 3 is 2.21 bits per heavy atom. The summed E-state index contributed by atoms with van der Waals surface area (Å²) < 4.78 is 0. The zero-order valence-corrected chi connectivity index (χ0v) is 20.8. The lowest BCUT2D eigenvalue weighted by atomic mass is 10.1. The Morgan fingerprint density at radius 2 is 1.58 bits per heavy atom. The minimum absolute atomic E-state index is 0.0345. The van der Waals surface area contributed by atoms with Crippen LogP contribution in [0.5, 0.6) is 0 Å². The first-order valence-corrected chi connectivity index (χ1v) is 12.6. The predicted octanol–water partition coefficient (Wildman–Crippen LogP) is 4.24. The van der Waals surface area contributed by atoms with Gasteiger partial charge in [0.2, 0.25) is 0 Å². The van der Waals surface area contributed by atoms with E-state index in [1.54, 1.807) is 0 Å². The van der Waals surface area contributed by atoms with Gasteiger partial charge in [-0.05, 0) is 63.0 Å². The van der Waals surface area contributed by atoms with Gasteiger partial charge in [-0.2, -0.15) is 0 Å². The molecule has 1 aliphatic heterocycles. The van der Waals surface area contributed by atoms with E-state index < -0.39 is 0 Å². The summed E-state index contributed by atoms with van der Waals surface area (Å²) >= 11 is 0. The number of unbranched alkanes of at least 4 members (excludes halogenated alkanes) is 1. The van der Waals surface area contributed by atoms with Crippen LogP contribution in [0, 0.1) is 0 Å². The van der Waals surface area contributed by atoms with Gasteiger partial charge in [0.1, 0.15) is 0 Å². The van der Waals surface area contributed by atoms with Gasteiger partial charge in [-0.1, -0.05) is 49.4 Å². The molecule has 3 rings (SSSR count). The fraction of sp³-hybridized carbons (Fsp3) is 0.536. The molecule has 5 heteroatoms. The van der Waals surface area contributed by atoms with Crippen LogP contribution in [-0.4, -0.2) is 72.5 Å². The predicted molar refractivity (Wildman–Crippen MR) is 137 cm³/mol. The Morgan fingerprint density at radius 1 is 0.909 bits per heavy atom. The van der Waals surface area contributed by atoms with Crippen LogP contribution in [0.25, 0.3) is 0 Å². The normalized spacial score (nSPS) is 15.3. The molecule has 180 valence electrons. The molecular weight excluding hydrogens is 408 g/mol. The molecule has 1 heterocycles. The van der Waals surface area contributed by atoms with E-state index in [1.807, 2.05) is 12.1 Å². The number of rotatable bonds is 12. The highest BCUT2D eigenvalue weighted by atomic mass is 16.1. The number of benzene rings is 2. The SMILES string of the molecule is CCN(Cc1ccc(C(=O)NCCCCN2CCN(Cc3ccccc3)CC2)cc1)C(C)C. The topological polar surface area (TPSA) is 38.8 Å². The Hall–Kier alpha value is -2.21. The van der Waals surface area contributed by atoms with Crippen molar-refractivity contribution in [3.05, 3.63) is 71.3 Å². The Labute approximate surface area is 200 Å². The zero-order chi connectivity index (χ0) is 23.5. The Balaban J connectivity index is 1.28. The lowest BCUT2D eigenvalue weighted by Crippen LogP contribution is -2.46. The van der Waals surface area contributed by atoms with E-state index in [0.717, 1.165) is 77.3 Å². The van der Waals surface area contributed by atoms with Gasteiger partial charge in [-0.25, -0.2) is 0 Å². The van der Waals surface area contributed by atoms with Crippen molar-refractivity contribution in [3.63, 3.8) is 0 Å². The molecule has 33 heavy (non-hydrogen) atoms. The summed E-state index contributed by atoms with van der Waals surface area (Å²) in [6, 6.07) is 19.3. The first kappa shape index (κ1) is 25.4. The second kappa shape index (κ2) is 13.5. The maximum absolute atomic E-state index is 12.5. The van der Waals surface area contributed by atoms with Crippen molar-refractivity contribution in [2.75, 3.05) is 45.8 Å². The maximum atomic E-state index is 12.5. The molecule has 2 aromatic carbocycles. The lowest BCUT2D eigenvalue weighted by Gasteiger charge is -2.34. The van der Waals surface area contributed by atoms with E-state index in [1.165, 1.54) is 11.1 Å². The number of hydrogen-bond donors (Lipinski definition) is 1. The van der Waals surface area contributed by atoms with E-state index in [2.05, 4.69) is 83.3 Å². The van der Waals surface area contributed by atoms with Gasteiger partial charge in [0.05, 0.1) is 0 Å². The van der Waals surface area contributed by atoms with Crippen LogP contribution < -0.4 is 5.32 Å². The van der Waals surface area contributed by atoms with Crippen LogP contribution in [0.1, 0.15) is 55.1 Å². The van der Waals surface area contributed by atoms with Crippen LogP contribution in [-0.2, 0) is 13.1 Å². The third-order valence-electron chi connectivity index (χ3n) is 6.64. The van der Waals surface area contributed by atoms with Crippen molar-refractivity contribution >= 4 is 5.91 Å². The van der Waals surface area contributed by atoms with Gasteiger partial charge in [0.15, 0.2) is 0 Å². The summed E-state index contributed by atoms with van der Waals surface area (Å²) in [5.74, 6) is 0.0345. The number of amides is 1. The summed E-state index contributed by atoms with van der Waals surface area (Å²) in [6.45, 7) is 16.0. The van der Waals surface area contributed by atoms with Crippen LogP contribution >= 0.6 is 0 Å². The van der Waals surface area contributed by atoms with Crippen molar-refractivity contribution < 1.29 is 4.79 Å². The smallest absolute Gasteiger partial charge is 0.251 e. The quantitative estimate of drug-likeness (QED) is 0.491. The van der Waals surface area contributed by atoms with Gasteiger partial charge in [0, 0.05) is 57.4 Å². The van der Waals surface area contributed by atoms with Crippen molar-refractivity contribution in [3.8, 4) is 0 Å². The van der Waals surface area contributed by atoms with Crippen molar-refractivity contribution in [2.45, 2.75) is 52.7 Å². The van der Waals surface area contributed by atoms with Crippen LogP contribution in [0.3, 0.4) is 0 Å². The average molecular weight is 451 g/mol. The monoisotopic (exact) mass is 450 g/mol. The van der Waals surface area contributed by atoms with Gasteiger partial charge in [0.25, 0.3) is 5.91 Å². The molecule has 2 aromatic rings. The standard InChI is InChI=1S/C28H42N4O/c1-4-32(24(2)3)23-26-12-14-27(15-13-26)28(33)29-16-8-9-17-30-18-20-31(21-19-30)22-25-10-6-5-7-11-25/h5-7,10-15,24H,4,8-9,16-23H2,1-3H3,(H,29,33). The van der Waals surface area contributed by atoms with E-state index in [4.69, 9.17) is 0 Å². The van der Waals surface area contributed by atoms with Gasteiger partial charge in [-0.3, -0.25) is 14.6 Å². The molecular formula is C28H42N4O.